The van der Waals surface area contributed by atoms with E-state index in [4.69, 9.17) is 0 Å². The minimum Gasteiger partial charge on any atom is -0.468 e. The number of esters is 1. The maximum Gasteiger partial charge on any atom is 0.315 e. The summed E-state index contributed by atoms with van der Waals surface area (Å²) in [4.78, 5) is 23.5. The summed E-state index contributed by atoms with van der Waals surface area (Å²) in [5.74, 6) is 1.47. The summed E-state index contributed by atoms with van der Waals surface area (Å²) < 4.78 is 4.61. The Morgan fingerprint density at radius 2 is 2.00 bits per heavy atom. The average molecular weight is 475 g/mol. The van der Waals surface area contributed by atoms with E-state index in [2.05, 4.69) is 29.0 Å². The van der Waals surface area contributed by atoms with Crippen molar-refractivity contribution in [2.24, 2.45) is 5.92 Å². The van der Waals surface area contributed by atoms with E-state index in [1.807, 2.05) is 24.3 Å². The van der Waals surface area contributed by atoms with Gasteiger partial charge in [0.2, 0.25) is 0 Å². The normalized spacial score (nSPS) is 22.0. The molecule has 1 fully saturated rings. The molecule has 2 aromatic carbocycles. The van der Waals surface area contributed by atoms with Crippen molar-refractivity contribution in [2.45, 2.75) is 36.7 Å². The molecule has 32 heavy (non-hydrogen) atoms. The summed E-state index contributed by atoms with van der Waals surface area (Å²) in [6, 6.07) is 14.3. The molecule has 0 heterocycles. The predicted octanol–water partition coefficient (Wildman–Crippen LogP) is 3.65. The van der Waals surface area contributed by atoms with Gasteiger partial charge in [-0.2, -0.15) is 11.8 Å². The lowest BCUT2D eigenvalue weighted by atomic mass is 10.0. The van der Waals surface area contributed by atoms with E-state index in [9.17, 15) is 19.8 Å². The number of benzene rings is 2. The molecular weight excluding hydrogens is 444 g/mol. The Kier molecular flexibility index (Phi) is 9.66. The number of carbonyl (C=O) groups excluding carboxylic acids is 2. The summed E-state index contributed by atoms with van der Waals surface area (Å²) in [6.45, 7) is 0. The first-order valence-corrected chi connectivity index (χ1v) is 13.0. The molecule has 0 amide bonds. The van der Waals surface area contributed by atoms with E-state index in [1.165, 1.54) is 18.9 Å². The SMILES string of the molecule is COC(=O)CSCCCS[C@H]1C(=O)C[C@@H](O)[C@@H]1C=CC(O)Cc1ccc2ccccc2c1. The Bertz CT molecular complexity index is 945. The number of Topliss-reactive ketones (excluding diaryl/α,β-unsaturated/α-hetero) is 1. The van der Waals surface area contributed by atoms with Crippen molar-refractivity contribution in [3.05, 3.63) is 60.2 Å². The van der Waals surface area contributed by atoms with Gasteiger partial charge in [-0.3, -0.25) is 9.59 Å². The van der Waals surface area contributed by atoms with Gasteiger partial charge in [0.05, 0.1) is 30.3 Å². The van der Waals surface area contributed by atoms with E-state index in [0.717, 1.165) is 34.3 Å². The molecule has 0 aromatic heterocycles. The quantitative estimate of drug-likeness (QED) is 0.292. The number of ketones is 1. The second kappa shape index (κ2) is 12.4. The van der Waals surface area contributed by atoms with Gasteiger partial charge in [-0.15, -0.1) is 11.8 Å². The Balaban J connectivity index is 1.50. The third-order valence-corrected chi connectivity index (χ3v) is 7.99. The molecule has 0 bridgehead atoms. The van der Waals surface area contributed by atoms with Crippen LogP contribution in [0, 0.1) is 5.92 Å². The maximum absolute atomic E-state index is 12.4. The zero-order chi connectivity index (χ0) is 22.9. The van der Waals surface area contributed by atoms with Crippen LogP contribution in [0.3, 0.4) is 0 Å². The number of thioether (sulfide) groups is 2. The molecule has 0 radical (unpaired) electrons. The van der Waals surface area contributed by atoms with Gasteiger partial charge < -0.3 is 14.9 Å². The van der Waals surface area contributed by atoms with Crippen LogP contribution in [-0.2, 0) is 20.7 Å². The van der Waals surface area contributed by atoms with Gasteiger partial charge in [-0.25, -0.2) is 0 Å². The second-order valence-corrected chi connectivity index (χ2v) is 10.3. The number of fused-ring (bicyclic) bond motifs is 1. The number of ether oxygens (including phenoxy) is 1. The highest BCUT2D eigenvalue weighted by atomic mass is 32.2. The van der Waals surface area contributed by atoms with Crippen molar-refractivity contribution < 1.29 is 24.5 Å². The fourth-order valence-electron chi connectivity index (χ4n) is 3.83. The molecule has 2 aromatic rings. The van der Waals surface area contributed by atoms with Crippen LogP contribution in [0.5, 0.6) is 0 Å². The number of methoxy groups -OCH3 is 1. The van der Waals surface area contributed by atoms with E-state index in [-0.39, 0.29) is 29.3 Å². The highest BCUT2D eigenvalue weighted by Crippen LogP contribution is 2.34. The molecule has 1 unspecified atom stereocenters. The Morgan fingerprint density at radius 1 is 1.22 bits per heavy atom. The zero-order valence-electron chi connectivity index (χ0n) is 18.2. The minimum absolute atomic E-state index is 0.0587. The first kappa shape index (κ1) is 24.8. The first-order valence-electron chi connectivity index (χ1n) is 10.8. The number of carbonyl (C=O) groups is 2. The molecule has 1 aliphatic rings. The van der Waals surface area contributed by atoms with Gasteiger partial charge in [-0.05, 0) is 34.3 Å². The molecule has 5 nitrogen and oxygen atoms in total. The highest BCUT2D eigenvalue weighted by molar-refractivity contribution is 8.01. The predicted molar refractivity (Wildman–Crippen MR) is 132 cm³/mol. The van der Waals surface area contributed by atoms with Gasteiger partial charge in [-0.1, -0.05) is 54.6 Å². The van der Waals surface area contributed by atoms with Gasteiger partial charge >= 0.3 is 5.97 Å². The van der Waals surface area contributed by atoms with E-state index >= 15 is 0 Å². The van der Waals surface area contributed by atoms with Crippen molar-refractivity contribution >= 4 is 46.0 Å². The standard InChI is InChI=1S/C25H30O5S2/c1-30-24(29)16-31-11-4-12-32-25-21(22(27)15-23(25)28)10-9-20(26)14-17-7-8-18-5-2-3-6-19(18)13-17/h2-3,5-10,13,20-22,25-27H,4,11-12,14-16H2,1H3/t20?,21-,22+,25+/m0/s1. The van der Waals surface area contributed by atoms with Crippen molar-refractivity contribution in [1.29, 1.82) is 0 Å². The molecule has 3 rings (SSSR count). The first-order chi connectivity index (χ1) is 15.5. The molecule has 7 heteroatoms. The topological polar surface area (TPSA) is 83.8 Å². The summed E-state index contributed by atoms with van der Waals surface area (Å²) >= 11 is 3.07. The van der Waals surface area contributed by atoms with E-state index < -0.39 is 12.2 Å². The zero-order valence-corrected chi connectivity index (χ0v) is 19.8. The number of rotatable bonds is 11. The van der Waals surface area contributed by atoms with Crippen molar-refractivity contribution in [3.8, 4) is 0 Å². The monoisotopic (exact) mass is 474 g/mol. The molecule has 0 spiro atoms. The van der Waals surface area contributed by atoms with Gasteiger partial charge in [0, 0.05) is 18.8 Å². The largest absolute Gasteiger partial charge is 0.468 e. The third kappa shape index (κ3) is 7.10. The third-order valence-electron chi connectivity index (χ3n) is 5.51. The summed E-state index contributed by atoms with van der Waals surface area (Å²) in [6.07, 6.45) is 3.63. The Labute approximate surface area is 197 Å². The lowest BCUT2D eigenvalue weighted by Gasteiger charge is -2.17. The minimum atomic E-state index is -0.710. The van der Waals surface area contributed by atoms with Crippen molar-refractivity contribution in [3.63, 3.8) is 0 Å². The van der Waals surface area contributed by atoms with Crippen molar-refractivity contribution in [1.82, 2.24) is 0 Å². The molecule has 1 saturated carbocycles. The smallest absolute Gasteiger partial charge is 0.315 e. The average Bonchev–Trinajstić information content (AvgIpc) is 3.06. The van der Waals surface area contributed by atoms with E-state index in [0.29, 0.717) is 12.2 Å². The van der Waals surface area contributed by atoms with E-state index in [1.54, 1.807) is 17.8 Å². The van der Waals surface area contributed by atoms with Crippen LogP contribution in [0.2, 0.25) is 0 Å². The molecule has 4 atom stereocenters. The number of hydrogen-bond acceptors (Lipinski definition) is 7. The van der Waals surface area contributed by atoms with Crippen LogP contribution in [0.4, 0.5) is 0 Å². The van der Waals surface area contributed by atoms with Crippen LogP contribution >= 0.6 is 23.5 Å². The molecule has 2 N–H and O–H groups in total. The number of aliphatic hydroxyl groups is 2. The Hall–Kier alpha value is -1.80. The number of aliphatic hydroxyl groups excluding tert-OH is 2. The van der Waals surface area contributed by atoms with Crippen LogP contribution in [0.1, 0.15) is 18.4 Å². The molecule has 0 aliphatic heterocycles. The number of hydrogen-bond donors (Lipinski definition) is 2. The lowest BCUT2D eigenvalue weighted by molar-refractivity contribution is -0.137. The summed E-state index contributed by atoms with van der Waals surface area (Å²) in [7, 11) is 1.38. The fraction of sp³-hybridized carbons (Fsp3) is 0.440. The van der Waals surface area contributed by atoms with Gasteiger partial charge in [0.1, 0.15) is 5.78 Å². The molecule has 172 valence electrons. The van der Waals surface area contributed by atoms with Crippen LogP contribution in [0.15, 0.2) is 54.6 Å². The highest BCUT2D eigenvalue weighted by Gasteiger charge is 2.40. The summed E-state index contributed by atoms with van der Waals surface area (Å²) in [5, 5.41) is 22.9. The second-order valence-electron chi connectivity index (χ2n) is 7.93. The van der Waals surface area contributed by atoms with Crippen molar-refractivity contribution in [2.75, 3.05) is 24.4 Å². The van der Waals surface area contributed by atoms with Crippen LogP contribution < -0.4 is 0 Å². The molecular formula is C25H30O5S2. The maximum atomic E-state index is 12.4. The lowest BCUT2D eigenvalue weighted by Crippen LogP contribution is -2.22. The Morgan fingerprint density at radius 3 is 2.78 bits per heavy atom. The molecule has 1 aliphatic carbocycles. The van der Waals surface area contributed by atoms with Gasteiger partial charge in [0.25, 0.3) is 0 Å². The van der Waals surface area contributed by atoms with Gasteiger partial charge in [0.15, 0.2) is 0 Å². The molecule has 0 saturated heterocycles. The fourth-order valence-corrected chi connectivity index (χ4v) is 6.13. The van der Waals surface area contributed by atoms with Crippen LogP contribution in [-0.4, -0.2) is 63.8 Å². The summed E-state index contributed by atoms with van der Waals surface area (Å²) in [5.41, 5.74) is 1.04. The van der Waals surface area contributed by atoms with Crippen LogP contribution in [0.25, 0.3) is 10.8 Å².